The Labute approximate surface area is 87.3 Å². The van der Waals surface area contributed by atoms with E-state index >= 15 is 0 Å². The Morgan fingerprint density at radius 1 is 1.29 bits per heavy atom. The van der Waals surface area contributed by atoms with Crippen molar-refractivity contribution >= 4 is 0 Å². The van der Waals surface area contributed by atoms with Crippen LogP contribution >= 0.6 is 0 Å². The summed E-state index contributed by atoms with van der Waals surface area (Å²) in [5.41, 5.74) is 1.31. The van der Waals surface area contributed by atoms with Crippen molar-refractivity contribution in [3.05, 3.63) is 11.8 Å². The van der Waals surface area contributed by atoms with Gasteiger partial charge in [-0.2, -0.15) is 0 Å². The van der Waals surface area contributed by atoms with Gasteiger partial charge in [0.05, 0.1) is 25.6 Å². The number of ether oxygens (including phenoxy) is 2. The van der Waals surface area contributed by atoms with Crippen LogP contribution in [0.4, 0.5) is 0 Å². The minimum absolute atomic E-state index is 0.252. The third kappa shape index (κ3) is 2.50. The van der Waals surface area contributed by atoms with Gasteiger partial charge in [0, 0.05) is 6.42 Å². The molecule has 1 heterocycles. The van der Waals surface area contributed by atoms with Crippen LogP contribution in [0.25, 0.3) is 0 Å². The van der Waals surface area contributed by atoms with Gasteiger partial charge in [0.25, 0.3) is 0 Å². The van der Waals surface area contributed by atoms with E-state index in [-0.39, 0.29) is 6.10 Å². The quantitative estimate of drug-likeness (QED) is 0.649. The molecule has 0 aliphatic carbocycles. The number of rotatable bonds is 3. The molecule has 2 nitrogen and oxygen atoms in total. The van der Waals surface area contributed by atoms with Crippen LogP contribution in [0.2, 0.25) is 0 Å². The van der Waals surface area contributed by atoms with Crippen molar-refractivity contribution in [1.29, 1.82) is 0 Å². The van der Waals surface area contributed by atoms with Crippen LogP contribution in [0.3, 0.4) is 0 Å². The Balaban J connectivity index is 2.70. The molecule has 1 aliphatic rings. The number of hydrogen-bond acceptors (Lipinski definition) is 2. The van der Waals surface area contributed by atoms with E-state index in [9.17, 15) is 0 Å². The molecule has 1 fully saturated rings. The first kappa shape index (κ1) is 11.6. The average Bonchev–Trinajstić information content (AvgIpc) is 2.49. The highest BCUT2D eigenvalue weighted by molar-refractivity contribution is 5.13. The molecular weight excluding hydrogens is 176 g/mol. The first-order valence-electron chi connectivity index (χ1n) is 5.43. The third-order valence-corrected chi connectivity index (χ3v) is 2.74. The van der Waals surface area contributed by atoms with Crippen molar-refractivity contribution in [2.24, 2.45) is 11.8 Å². The fourth-order valence-electron chi connectivity index (χ4n) is 1.92. The predicted molar refractivity (Wildman–Crippen MR) is 58.0 cm³/mol. The van der Waals surface area contributed by atoms with Crippen LogP contribution in [0.1, 0.15) is 34.1 Å². The standard InChI is InChI=1S/C12H22O2/c1-8(2)11-6-10(7-13-5)12(14-11)9(3)4/h7-9,11-12H,6H2,1-5H3/b10-7-/t11-,12+/m1/s1. The van der Waals surface area contributed by atoms with Crippen LogP contribution in [-0.4, -0.2) is 19.3 Å². The Hall–Kier alpha value is -0.500. The van der Waals surface area contributed by atoms with Crippen LogP contribution in [0, 0.1) is 11.8 Å². The predicted octanol–water partition coefficient (Wildman–Crippen LogP) is 2.99. The molecule has 0 saturated carbocycles. The van der Waals surface area contributed by atoms with Gasteiger partial charge in [-0.25, -0.2) is 0 Å². The smallest absolute Gasteiger partial charge is 0.0845 e. The second-order valence-electron chi connectivity index (χ2n) is 4.72. The second kappa shape index (κ2) is 4.83. The zero-order valence-corrected chi connectivity index (χ0v) is 9.91. The molecule has 82 valence electrons. The largest absolute Gasteiger partial charge is 0.504 e. The van der Waals surface area contributed by atoms with Crippen LogP contribution in [0.5, 0.6) is 0 Å². The summed E-state index contributed by atoms with van der Waals surface area (Å²) in [5, 5.41) is 0. The third-order valence-electron chi connectivity index (χ3n) is 2.74. The molecule has 0 aromatic heterocycles. The van der Waals surface area contributed by atoms with Crippen LogP contribution in [-0.2, 0) is 9.47 Å². The first-order chi connectivity index (χ1) is 6.56. The minimum Gasteiger partial charge on any atom is -0.504 e. The van der Waals surface area contributed by atoms with Gasteiger partial charge in [0.15, 0.2) is 0 Å². The summed E-state index contributed by atoms with van der Waals surface area (Å²) in [6, 6.07) is 0. The minimum atomic E-state index is 0.252. The molecule has 0 N–H and O–H groups in total. The molecule has 1 aliphatic heterocycles. The molecule has 2 atom stereocenters. The van der Waals surface area contributed by atoms with E-state index in [1.54, 1.807) is 7.11 Å². The number of methoxy groups -OCH3 is 1. The van der Waals surface area contributed by atoms with E-state index < -0.39 is 0 Å². The normalized spacial score (nSPS) is 30.6. The Morgan fingerprint density at radius 2 is 1.93 bits per heavy atom. The lowest BCUT2D eigenvalue weighted by Crippen LogP contribution is -2.20. The molecule has 0 unspecified atom stereocenters. The van der Waals surface area contributed by atoms with E-state index in [0.29, 0.717) is 17.9 Å². The highest BCUT2D eigenvalue weighted by Crippen LogP contribution is 2.33. The molecule has 1 rings (SSSR count). The maximum absolute atomic E-state index is 6.00. The van der Waals surface area contributed by atoms with E-state index in [1.807, 2.05) is 6.26 Å². The van der Waals surface area contributed by atoms with Crippen LogP contribution in [0.15, 0.2) is 11.8 Å². The van der Waals surface area contributed by atoms with Crippen molar-refractivity contribution in [2.75, 3.05) is 7.11 Å². The van der Waals surface area contributed by atoms with Gasteiger partial charge >= 0.3 is 0 Å². The maximum atomic E-state index is 6.00. The molecule has 0 aromatic rings. The monoisotopic (exact) mass is 198 g/mol. The van der Waals surface area contributed by atoms with E-state index in [4.69, 9.17) is 9.47 Å². The van der Waals surface area contributed by atoms with E-state index in [1.165, 1.54) is 5.57 Å². The molecule has 0 bridgehead atoms. The Bertz CT molecular complexity index is 206. The fraction of sp³-hybridized carbons (Fsp3) is 0.833. The van der Waals surface area contributed by atoms with Crippen molar-refractivity contribution in [2.45, 2.75) is 46.3 Å². The van der Waals surface area contributed by atoms with Gasteiger partial charge in [-0.3, -0.25) is 0 Å². The van der Waals surface area contributed by atoms with Crippen molar-refractivity contribution in [3.8, 4) is 0 Å². The second-order valence-corrected chi connectivity index (χ2v) is 4.72. The lowest BCUT2D eigenvalue weighted by Gasteiger charge is -2.18. The molecule has 0 amide bonds. The van der Waals surface area contributed by atoms with Crippen LogP contribution < -0.4 is 0 Å². The lowest BCUT2D eigenvalue weighted by atomic mass is 9.97. The van der Waals surface area contributed by atoms with Crippen molar-refractivity contribution in [1.82, 2.24) is 0 Å². The zero-order chi connectivity index (χ0) is 10.7. The highest BCUT2D eigenvalue weighted by Gasteiger charge is 2.33. The van der Waals surface area contributed by atoms with E-state index in [2.05, 4.69) is 27.7 Å². The van der Waals surface area contributed by atoms with E-state index in [0.717, 1.165) is 6.42 Å². The number of hydrogen-bond donors (Lipinski definition) is 0. The molecular formula is C12H22O2. The first-order valence-corrected chi connectivity index (χ1v) is 5.43. The highest BCUT2D eigenvalue weighted by atomic mass is 16.5. The van der Waals surface area contributed by atoms with Gasteiger partial charge in [-0.05, 0) is 17.4 Å². The summed E-state index contributed by atoms with van der Waals surface area (Å²) in [6.07, 6.45) is 3.49. The van der Waals surface area contributed by atoms with Gasteiger partial charge in [-0.1, -0.05) is 27.7 Å². The molecule has 0 spiro atoms. The average molecular weight is 198 g/mol. The zero-order valence-electron chi connectivity index (χ0n) is 9.91. The Kier molecular flexibility index (Phi) is 3.99. The van der Waals surface area contributed by atoms with Gasteiger partial charge < -0.3 is 9.47 Å². The van der Waals surface area contributed by atoms with Gasteiger partial charge in [-0.15, -0.1) is 0 Å². The van der Waals surface area contributed by atoms with Crippen molar-refractivity contribution < 1.29 is 9.47 Å². The summed E-state index contributed by atoms with van der Waals surface area (Å²) in [6.45, 7) is 8.79. The molecule has 2 heteroatoms. The SMILES string of the molecule is CO/C=C1/C[C@H](C(C)C)O[C@H]1C(C)C. The Morgan fingerprint density at radius 3 is 2.36 bits per heavy atom. The molecule has 0 aromatic carbocycles. The lowest BCUT2D eigenvalue weighted by molar-refractivity contribution is 0.00437. The molecule has 1 saturated heterocycles. The van der Waals surface area contributed by atoms with Crippen molar-refractivity contribution in [3.63, 3.8) is 0 Å². The van der Waals surface area contributed by atoms with Gasteiger partial charge in [0.2, 0.25) is 0 Å². The summed E-state index contributed by atoms with van der Waals surface area (Å²) < 4.78 is 11.1. The summed E-state index contributed by atoms with van der Waals surface area (Å²) in [4.78, 5) is 0. The fourth-order valence-corrected chi connectivity index (χ4v) is 1.92. The maximum Gasteiger partial charge on any atom is 0.0845 e. The molecule has 14 heavy (non-hydrogen) atoms. The molecule has 0 radical (unpaired) electrons. The topological polar surface area (TPSA) is 18.5 Å². The summed E-state index contributed by atoms with van der Waals surface area (Å²) in [5.74, 6) is 1.11. The summed E-state index contributed by atoms with van der Waals surface area (Å²) >= 11 is 0. The summed E-state index contributed by atoms with van der Waals surface area (Å²) in [7, 11) is 1.70. The van der Waals surface area contributed by atoms with Gasteiger partial charge in [0.1, 0.15) is 0 Å².